The predicted octanol–water partition coefficient (Wildman–Crippen LogP) is 1.92. The maximum atomic E-state index is 12.2. The molecule has 8 rings (SSSR count). The summed E-state index contributed by atoms with van der Waals surface area (Å²) in [6.45, 7) is 5.70. The quantitative estimate of drug-likeness (QED) is 0.576. The fraction of sp³-hybridized carbons (Fsp3) is 0.786. The topological polar surface area (TPSA) is 67.2 Å². The third-order valence-corrected chi connectivity index (χ3v) is 11.6. The molecule has 6 unspecified atom stereocenters. The maximum absolute atomic E-state index is 12.2. The molecule has 34 heavy (non-hydrogen) atoms. The van der Waals surface area contributed by atoms with E-state index in [0.717, 1.165) is 32.4 Å². The van der Waals surface area contributed by atoms with Gasteiger partial charge in [-0.05, 0) is 49.9 Å². The van der Waals surface area contributed by atoms with Gasteiger partial charge in [-0.3, -0.25) is 4.48 Å². The molecular formula is C28H42N3O3+. The summed E-state index contributed by atoms with van der Waals surface area (Å²) < 4.78 is 0.622. The van der Waals surface area contributed by atoms with Crippen LogP contribution in [0.15, 0.2) is 24.3 Å². The van der Waals surface area contributed by atoms with Crippen LogP contribution in [0.4, 0.5) is 5.69 Å². The SMILES string of the molecule is CC[C@H]1C2C[C@H]3[C@@H]4N(C)c5ccccc5C45C[C@@H](C2C5O)[N+]3(CC(O)CN2CCCCC2)[C@@H]1O. The zero-order valence-corrected chi connectivity index (χ0v) is 20.8. The molecule has 11 atom stereocenters. The normalized spacial score (nSPS) is 49.4. The van der Waals surface area contributed by atoms with E-state index >= 15 is 0 Å². The van der Waals surface area contributed by atoms with Gasteiger partial charge in [-0.25, -0.2) is 0 Å². The lowest BCUT2D eigenvalue weighted by molar-refractivity contribution is -1.04. The van der Waals surface area contributed by atoms with Gasteiger partial charge in [-0.15, -0.1) is 0 Å². The summed E-state index contributed by atoms with van der Waals surface area (Å²) in [6.07, 6.45) is 5.44. The summed E-state index contributed by atoms with van der Waals surface area (Å²) in [5, 5.41) is 35.7. The number of hydrogen-bond donors (Lipinski definition) is 3. The molecular weight excluding hydrogens is 426 g/mol. The Balaban J connectivity index is 1.32. The third-order valence-electron chi connectivity index (χ3n) is 11.6. The van der Waals surface area contributed by atoms with Crippen molar-refractivity contribution < 1.29 is 19.8 Å². The molecule has 1 aromatic carbocycles. The Hall–Kier alpha value is -1.18. The highest BCUT2D eigenvalue weighted by Crippen LogP contribution is 2.71. The second kappa shape index (κ2) is 7.42. The van der Waals surface area contributed by atoms with E-state index in [1.165, 1.54) is 30.5 Å². The van der Waals surface area contributed by atoms with Gasteiger partial charge in [0.05, 0.1) is 23.6 Å². The van der Waals surface area contributed by atoms with E-state index < -0.39 is 12.3 Å². The molecule has 3 N–H and O–H groups in total. The van der Waals surface area contributed by atoms with E-state index in [1.54, 1.807) is 0 Å². The minimum atomic E-state index is -0.442. The van der Waals surface area contributed by atoms with E-state index in [4.69, 9.17) is 0 Å². The molecule has 1 saturated carbocycles. The average molecular weight is 469 g/mol. The number of anilines is 1. The Morgan fingerprint density at radius 3 is 2.65 bits per heavy atom. The lowest BCUT2D eigenvalue weighted by atomic mass is 9.60. The van der Waals surface area contributed by atoms with Crippen LogP contribution < -0.4 is 4.90 Å². The fourth-order valence-corrected chi connectivity index (χ4v) is 10.6. The number of likely N-dealkylation sites (N-methyl/N-ethyl adjacent to an activating group) is 1. The smallest absolute Gasteiger partial charge is 0.194 e. The molecule has 6 heteroatoms. The van der Waals surface area contributed by atoms with Crippen molar-refractivity contribution in [2.24, 2.45) is 17.8 Å². The minimum Gasteiger partial charge on any atom is -0.392 e. The van der Waals surface area contributed by atoms with Gasteiger partial charge >= 0.3 is 0 Å². The maximum Gasteiger partial charge on any atom is 0.194 e. The zero-order valence-electron chi connectivity index (χ0n) is 20.8. The van der Waals surface area contributed by atoms with Gasteiger partial charge in [0.2, 0.25) is 0 Å². The number of hydrogen-bond acceptors (Lipinski definition) is 5. The third kappa shape index (κ3) is 2.45. The zero-order chi connectivity index (χ0) is 23.4. The molecule has 1 aliphatic carbocycles. The lowest BCUT2D eigenvalue weighted by Gasteiger charge is -2.68. The molecule has 5 saturated heterocycles. The summed E-state index contributed by atoms with van der Waals surface area (Å²) in [5.41, 5.74) is 2.34. The number of quaternary nitrogens is 1. The monoisotopic (exact) mass is 468 g/mol. The second-order valence-corrected chi connectivity index (χ2v) is 12.6. The van der Waals surface area contributed by atoms with Crippen molar-refractivity contribution >= 4 is 5.69 Å². The van der Waals surface area contributed by atoms with Crippen molar-refractivity contribution in [3.63, 3.8) is 0 Å². The average Bonchev–Trinajstić information content (AvgIpc) is 3.23. The van der Waals surface area contributed by atoms with E-state index in [1.807, 2.05) is 0 Å². The van der Waals surface area contributed by atoms with E-state index in [0.29, 0.717) is 23.5 Å². The van der Waals surface area contributed by atoms with Crippen LogP contribution in [0.2, 0.25) is 0 Å². The van der Waals surface area contributed by atoms with Crippen LogP contribution in [0, 0.1) is 17.8 Å². The number of β-amino-alcohol motifs (C(OH)–C–C–N with tert-alkyl or cyclic N) is 1. The van der Waals surface area contributed by atoms with Crippen LogP contribution in [-0.2, 0) is 5.41 Å². The highest BCUT2D eigenvalue weighted by atomic mass is 16.3. The molecule has 0 aromatic heterocycles. The van der Waals surface area contributed by atoms with Crippen molar-refractivity contribution in [2.45, 2.75) is 87.4 Å². The number of nitrogens with zero attached hydrogens (tertiary/aromatic N) is 3. The van der Waals surface area contributed by atoms with Gasteiger partial charge in [0, 0.05) is 44.0 Å². The molecule has 1 aromatic rings. The summed E-state index contributed by atoms with van der Waals surface area (Å²) in [7, 11) is 2.20. The molecule has 1 spiro atoms. The molecule has 186 valence electrons. The summed E-state index contributed by atoms with van der Waals surface area (Å²) in [5.74, 6) is 0.815. The Kier molecular flexibility index (Phi) is 4.81. The molecule has 7 aliphatic rings. The van der Waals surface area contributed by atoms with Crippen LogP contribution >= 0.6 is 0 Å². The molecule has 6 fully saturated rings. The number of fused-ring (bicyclic) bond motifs is 2. The minimum absolute atomic E-state index is 0.181. The van der Waals surface area contributed by atoms with Crippen LogP contribution in [0.3, 0.4) is 0 Å². The summed E-state index contributed by atoms with van der Waals surface area (Å²) in [6, 6.07) is 9.38. The standard InChI is InChI=1S/C28H42N3O3/c1-3-18-19-13-22-25-28(20-9-5-6-10-21(20)29(25)2)14-23(24(19)26(28)33)31(22,27(18)34)16-17(32)15-30-11-7-4-8-12-30/h5-6,9-10,17-19,22-27,32-34H,3-4,7-8,11-16H2,1-2H3/q+1/t17?,18-,19?,22-,23-,24?,25-,26?,27+,28?,31?/m0/s1. The van der Waals surface area contributed by atoms with E-state index in [-0.39, 0.29) is 41.5 Å². The van der Waals surface area contributed by atoms with Crippen molar-refractivity contribution in [2.75, 3.05) is 38.1 Å². The molecule has 6 heterocycles. The van der Waals surface area contributed by atoms with Gasteiger partial charge in [0.25, 0.3) is 0 Å². The number of rotatable bonds is 5. The second-order valence-electron chi connectivity index (χ2n) is 12.6. The van der Waals surface area contributed by atoms with Gasteiger partial charge in [-0.1, -0.05) is 31.5 Å². The number of piperidine rings is 5. The Morgan fingerprint density at radius 1 is 1.12 bits per heavy atom. The van der Waals surface area contributed by atoms with Crippen molar-refractivity contribution in [3.8, 4) is 0 Å². The van der Waals surface area contributed by atoms with Gasteiger partial charge in [0.1, 0.15) is 18.7 Å². The van der Waals surface area contributed by atoms with Gasteiger partial charge in [-0.2, -0.15) is 0 Å². The Morgan fingerprint density at radius 2 is 1.88 bits per heavy atom. The van der Waals surface area contributed by atoms with E-state index in [9.17, 15) is 15.3 Å². The first-order chi connectivity index (χ1) is 16.4. The lowest BCUT2D eigenvalue weighted by Crippen LogP contribution is -2.84. The van der Waals surface area contributed by atoms with Gasteiger partial charge < -0.3 is 25.1 Å². The van der Waals surface area contributed by atoms with Crippen LogP contribution in [-0.4, -0.2) is 94.5 Å². The Labute approximate surface area is 203 Å². The number of aliphatic hydroxyl groups is 3. The highest BCUT2D eigenvalue weighted by Gasteiger charge is 2.83. The highest BCUT2D eigenvalue weighted by molar-refractivity contribution is 5.66. The fourth-order valence-electron chi connectivity index (χ4n) is 10.6. The summed E-state index contributed by atoms with van der Waals surface area (Å²) in [4.78, 5) is 4.86. The molecule has 5 bridgehead atoms. The first-order valence-corrected chi connectivity index (χ1v) is 13.9. The van der Waals surface area contributed by atoms with Crippen LogP contribution in [0.1, 0.15) is 51.0 Å². The predicted molar refractivity (Wildman–Crippen MR) is 131 cm³/mol. The Bertz CT molecular complexity index is 968. The number of likely N-dealkylation sites (tertiary alicyclic amines) is 1. The molecule has 6 aliphatic heterocycles. The van der Waals surface area contributed by atoms with E-state index in [2.05, 4.69) is 48.0 Å². The number of para-hydroxylation sites is 1. The first kappa shape index (κ1) is 22.1. The van der Waals surface area contributed by atoms with Gasteiger partial charge in [0.15, 0.2) is 6.23 Å². The van der Waals surface area contributed by atoms with Crippen LogP contribution in [0.5, 0.6) is 0 Å². The molecule has 0 radical (unpaired) electrons. The number of benzene rings is 1. The van der Waals surface area contributed by atoms with Crippen molar-refractivity contribution in [1.82, 2.24) is 4.90 Å². The largest absolute Gasteiger partial charge is 0.392 e. The van der Waals surface area contributed by atoms with Crippen LogP contribution in [0.25, 0.3) is 0 Å². The summed E-state index contributed by atoms with van der Waals surface area (Å²) >= 11 is 0. The van der Waals surface area contributed by atoms with Crippen molar-refractivity contribution in [1.29, 1.82) is 0 Å². The molecule has 6 nitrogen and oxygen atoms in total. The first-order valence-electron chi connectivity index (χ1n) is 13.9. The van der Waals surface area contributed by atoms with Crippen molar-refractivity contribution in [3.05, 3.63) is 29.8 Å². The number of aliphatic hydroxyl groups excluding tert-OH is 3. The molecule has 0 amide bonds.